The fourth-order valence-electron chi connectivity index (χ4n) is 0.738. The average molecular weight is 274 g/mol. The Kier molecular flexibility index (Phi) is 4.16. The van der Waals surface area contributed by atoms with Crippen molar-refractivity contribution in [2.75, 3.05) is 0 Å². The van der Waals surface area contributed by atoms with Crippen LogP contribution in [0.15, 0.2) is 33.6 Å². The van der Waals surface area contributed by atoms with Crippen molar-refractivity contribution < 1.29 is 4.79 Å². The van der Waals surface area contributed by atoms with Gasteiger partial charge in [-0.25, -0.2) is 4.72 Å². The van der Waals surface area contributed by atoms with Crippen LogP contribution in [0.25, 0.3) is 0 Å². The van der Waals surface area contributed by atoms with E-state index in [4.69, 9.17) is 0 Å². The molecule has 1 aromatic rings. The molecule has 0 saturated carbocycles. The van der Waals surface area contributed by atoms with E-state index < -0.39 is 5.54 Å². The van der Waals surface area contributed by atoms with Gasteiger partial charge in [-0.1, -0.05) is 12.1 Å². The summed E-state index contributed by atoms with van der Waals surface area (Å²) in [6.07, 6.45) is 0.900. The maximum absolute atomic E-state index is 10.6. The Balaban J connectivity index is 2.62. The van der Waals surface area contributed by atoms with Crippen LogP contribution in [0, 0.1) is 0 Å². The monoisotopic (exact) mass is 273 g/mol. The first-order valence-electron chi connectivity index (χ1n) is 4.20. The second-order valence-corrected chi connectivity index (χ2v) is 5.18. The lowest BCUT2D eigenvalue weighted by Gasteiger charge is -2.18. The summed E-state index contributed by atoms with van der Waals surface area (Å²) in [5.74, 6) is 0. The summed E-state index contributed by atoms with van der Waals surface area (Å²) in [5, 5.41) is 0. The van der Waals surface area contributed by atoms with E-state index in [-0.39, 0.29) is 0 Å². The standard InChI is InChI=1S/C10H12BrNOS/c1-10(2,7-13)12-14-9-6-4-3-5-8(9)11/h3-7,12H,1-2H3. The summed E-state index contributed by atoms with van der Waals surface area (Å²) in [4.78, 5) is 11.7. The van der Waals surface area contributed by atoms with Crippen molar-refractivity contribution in [3.63, 3.8) is 0 Å². The van der Waals surface area contributed by atoms with E-state index >= 15 is 0 Å². The molecule has 0 aliphatic rings. The molecule has 0 aromatic heterocycles. The molecular formula is C10H12BrNOS. The van der Waals surface area contributed by atoms with Crippen molar-refractivity contribution >= 4 is 34.2 Å². The molecule has 0 amide bonds. The van der Waals surface area contributed by atoms with Crippen molar-refractivity contribution in [2.45, 2.75) is 24.3 Å². The Morgan fingerprint density at radius 1 is 1.43 bits per heavy atom. The van der Waals surface area contributed by atoms with Crippen LogP contribution in [0.5, 0.6) is 0 Å². The van der Waals surface area contributed by atoms with Crippen LogP contribution < -0.4 is 4.72 Å². The van der Waals surface area contributed by atoms with Gasteiger partial charge < -0.3 is 4.79 Å². The summed E-state index contributed by atoms with van der Waals surface area (Å²) in [7, 11) is 0. The molecule has 0 spiro atoms. The van der Waals surface area contributed by atoms with Crippen LogP contribution in [0.3, 0.4) is 0 Å². The number of rotatable bonds is 4. The highest BCUT2D eigenvalue weighted by Crippen LogP contribution is 2.26. The highest BCUT2D eigenvalue weighted by molar-refractivity contribution is 9.10. The van der Waals surface area contributed by atoms with Gasteiger partial charge in [-0.2, -0.15) is 0 Å². The third kappa shape index (κ3) is 3.44. The van der Waals surface area contributed by atoms with Gasteiger partial charge in [-0.3, -0.25) is 0 Å². The topological polar surface area (TPSA) is 29.1 Å². The van der Waals surface area contributed by atoms with Crippen molar-refractivity contribution in [1.29, 1.82) is 0 Å². The number of nitrogens with one attached hydrogen (secondary N) is 1. The lowest BCUT2D eigenvalue weighted by molar-refractivity contribution is -0.111. The SMILES string of the molecule is CC(C)(C=O)NSc1ccccc1Br. The summed E-state index contributed by atoms with van der Waals surface area (Å²) >= 11 is 4.89. The summed E-state index contributed by atoms with van der Waals surface area (Å²) in [5.41, 5.74) is -0.500. The van der Waals surface area contributed by atoms with E-state index in [0.29, 0.717) is 0 Å². The van der Waals surface area contributed by atoms with Gasteiger partial charge in [0.15, 0.2) is 0 Å². The molecule has 4 heteroatoms. The van der Waals surface area contributed by atoms with Crippen molar-refractivity contribution in [2.24, 2.45) is 0 Å². The van der Waals surface area contributed by atoms with E-state index in [0.717, 1.165) is 15.7 Å². The Morgan fingerprint density at radius 3 is 2.64 bits per heavy atom. The van der Waals surface area contributed by atoms with Crippen LogP contribution in [-0.4, -0.2) is 11.8 Å². The van der Waals surface area contributed by atoms with Gasteiger partial charge in [0.25, 0.3) is 0 Å². The minimum Gasteiger partial charge on any atom is -0.301 e. The third-order valence-electron chi connectivity index (χ3n) is 1.56. The molecule has 0 saturated heterocycles. The smallest absolute Gasteiger partial charge is 0.140 e. The number of aldehydes is 1. The molecular weight excluding hydrogens is 262 g/mol. The molecule has 76 valence electrons. The normalized spacial score (nSPS) is 11.4. The van der Waals surface area contributed by atoms with Gasteiger partial charge >= 0.3 is 0 Å². The van der Waals surface area contributed by atoms with Gasteiger partial charge in [-0.15, -0.1) is 0 Å². The van der Waals surface area contributed by atoms with Crippen molar-refractivity contribution in [3.8, 4) is 0 Å². The van der Waals surface area contributed by atoms with Crippen molar-refractivity contribution in [1.82, 2.24) is 4.72 Å². The zero-order valence-electron chi connectivity index (χ0n) is 8.08. The Hall–Kier alpha value is -0.320. The first kappa shape index (κ1) is 11.8. The number of benzene rings is 1. The highest BCUT2D eigenvalue weighted by atomic mass is 79.9. The third-order valence-corrected chi connectivity index (χ3v) is 3.71. The predicted molar refractivity (Wildman–Crippen MR) is 63.3 cm³/mol. The molecule has 0 fully saturated rings. The van der Waals surface area contributed by atoms with Crippen LogP contribution in [-0.2, 0) is 4.79 Å². The largest absolute Gasteiger partial charge is 0.301 e. The molecule has 0 bridgehead atoms. The fourth-order valence-corrected chi connectivity index (χ4v) is 2.00. The minimum atomic E-state index is -0.500. The highest BCUT2D eigenvalue weighted by Gasteiger charge is 2.15. The van der Waals surface area contributed by atoms with Gasteiger partial charge in [0.1, 0.15) is 6.29 Å². The van der Waals surface area contributed by atoms with Gasteiger partial charge in [-0.05, 0) is 53.9 Å². The number of hydrogen-bond donors (Lipinski definition) is 1. The number of carbonyl (C=O) groups is 1. The molecule has 0 aliphatic heterocycles. The zero-order chi connectivity index (χ0) is 10.6. The van der Waals surface area contributed by atoms with Gasteiger partial charge in [0.05, 0.1) is 5.54 Å². The van der Waals surface area contributed by atoms with Gasteiger partial charge in [0, 0.05) is 9.37 Å². The van der Waals surface area contributed by atoms with Crippen molar-refractivity contribution in [3.05, 3.63) is 28.7 Å². The van der Waals surface area contributed by atoms with Crippen LogP contribution in [0.2, 0.25) is 0 Å². The first-order chi connectivity index (χ1) is 6.55. The summed E-state index contributed by atoms with van der Waals surface area (Å²) in [6.45, 7) is 3.67. The average Bonchev–Trinajstić information content (AvgIpc) is 2.17. The molecule has 2 nitrogen and oxygen atoms in total. The minimum absolute atomic E-state index is 0.500. The lowest BCUT2D eigenvalue weighted by atomic mass is 10.1. The molecule has 14 heavy (non-hydrogen) atoms. The van der Waals surface area contributed by atoms with E-state index in [1.807, 2.05) is 38.1 Å². The summed E-state index contributed by atoms with van der Waals surface area (Å²) < 4.78 is 4.11. The van der Waals surface area contributed by atoms with Gasteiger partial charge in [0.2, 0.25) is 0 Å². The number of hydrogen-bond acceptors (Lipinski definition) is 3. The molecule has 0 heterocycles. The maximum Gasteiger partial charge on any atom is 0.140 e. The molecule has 1 aromatic carbocycles. The van der Waals surface area contributed by atoms with Crippen LogP contribution in [0.4, 0.5) is 0 Å². The van der Waals surface area contributed by atoms with E-state index in [2.05, 4.69) is 20.7 Å². The van der Waals surface area contributed by atoms with E-state index in [9.17, 15) is 4.79 Å². The Labute approximate surface area is 96.7 Å². The number of halogens is 1. The molecule has 0 aliphatic carbocycles. The molecule has 0 atom stereocenters. The Bertz CT molecular complexity index is 328. The Morgan fingerprint density at radius 2 is 2.07 bits per heavy atom. The first-order valence-corrected chi connectivity index (χ1v) is 5.81. The van der Waals surface area contributed by atoms with Crippen LogP contribution in [0.1, 0.15) is 13.8 Å². The summed E-state index contributed by atoms with van der Waals surface area (Å²) in [6, 6.07) is 7.88. The zero-order valence-corrected chi connectivity index (χ0v) is 10.5. The second-order valence-electron chi connectivity index (χ2n) is 3.47. The lowest BCUT2D eigenvalue weighted by Crippen LogP contribution is -2.35. The molecule has 0 unspecified atom stereocenters. The molecule has 0 radical (unpaired) electrons. The second kappa shape index (κ2) is 4.96. The predicted octanol–water partition coefficient (Wildman–Crippen LogP) is 3.02. The number of carbonyl (C=O) groups excluding carboxylic acids is 1. The molecule has 1 rings (SSSR count). The maximum atomic E-state index is 10.6. The van der Waals surface area contributed by atoms with E-state index in [1.54, 1.807) is 0 Å². The van der Waals surface area contributed by atoms with E-state index in [1.165, 1.54) is 11.9 Å². The molecule has 1 N–H and O–H groups in total. The fraction of sp³-hybridized carbons (Fsp3) is 0.300. The quantitative estimate of drug-likeness (QED) is 0.676. The van der Waals surface area contributed by atoms with Crippen LogP contribution >= 0.6 is 27.9 Å².